The molecule has 0 saturated heterocycles. The minimum atomic E-state index is -3.07. The van der Waals surface area contributed by atoms with Gasteiger partial charge in [0.1, 0.15) is 5.15 Å². The van der Waals surface area contributed by atoms with Crippen LogP contribution >= 0.6 is 11.6 Å². The maximum atomic E-state index is 12.3. The second-order valence-electron chi connectivity index (χ2n) is 4.68. The summed E-state index contributed by atoms with van der Waals surface area (Å²) in [5, 5.41) is 4.00. The van der Waals surface area contributed by atoms with E-state index in [0.29, 0.717) is 17.4 Å². The molecule has 10 heteroatoms. The fraction of sp³-hybridized carbons (Fsp3) is 0.231. The van der Waals surface area contributed by atoms with Gasteiger partial charge < -0.3 is 9.30 Å². The molecule has 0 aliphatic carbocycles. The summed E-state index contributed by atoms with van der Waals surface area (Å²) in [5.74, 6) is 0.0978. The van der Waals surface area contributed by atoms with E-state index >= 15 is 0 Å². The van der Waals surface area contributed by atoms with Crippen molar-refractivity contribution in [2.24, 2.45) is 0 Å². The number of alkyl halides is 2. The number of hydrogen-bond donors (Lipinski definition) is 0. The minimum absolute atomic E-state index is 0.0978. The molecule has 0 N–H and O–H groups in total. The van der Waals surface area contributed by atoms with E-state index in [1.54, 1.807) is 29.8 Å². The molecule has 0 saturated carbocycles. The summed E-state index contributed by atoms with van der Waals surface area (Å²) in [6.07, 6.45) is 1.57. The number of rotatable bonds is 4. The number of halogens is 3. The van der Waals surface area contributed by atoms with Crippen molar-refractivity contribution in [2.75, 3.05) is 0 Å². The van der Waals surface area contributed by atoms with Gasteiger partial charge in [-0.15, -0.1) is 5.10 Å². The number of ether oxygens (including phenoxy) is 1. The topological polar surface area (TPSA) is 74.3 Å². The van der Waals surface area contributed by atoms with E-state index in [0.717, 1.165) is 10.1 Å². The van der Waals surface area contributed by atoms with Gasteiger partial charge in [0.15, 0.2) is 0 Å². The van der Waals surface area contributed by atoms with Crippen LogP contribution in [0.3, 0.4) is 0 Å². The number of aryl methyl sites for hydroxylation is 1. The monoisotopic (exact) mass is 341 g/mol. The molecule has 3 aromatic rings. The maximum absolute atomic E-state index is 12.3. The van der Waals surface area contributed by atoms with Gasteiger partial charge in [0.2, 0.25) is 5.78 Å². The molecule has 0 aliphatic heterocycles. The summed E-state index contributed by atoms with van der Waals surface area (Å²) in [5.41, 5.74) is 0.899. The highest BCUT2D eigenvalue weighted by atomic mass is 35.5. The second kappa shape index (κ2) is 5.92. The van der Waals surface area contributed by atoms with Gasteiger partial charge in [-0.1, -0.05) is 17.7 Å². The van der Waals surface area contributed by atoms with E-state index < -0.39 is 18.2 Å². The number of aromatic nitrogens is 5. The molecule has 0 amide bonds. The van der Waals surface area contributed by atoms with Crippen LogP contribution in [0.1, 0.15) is 11.3 Å². The minimum Gasteiger partial charge on any atom is -0.400 e. The fourth-order valence-corrected chi connectivity index (χ4v) is 2.20. The Morgan fingerprint density at radius 3 is 2.83 bits per heavy atom. The largest absolute Gasteiger partial charge is 0.400 e. The second-order valence-corrected chi connectivity index (χ2v) is 5.07. The zero-order valence-electron chi connectivity index (χ0n) is 11.8. The van der Waals surface area contributed by atoms with Crippen molar-refractivity contribution in [3.05, 3.63) is 51.2 Å². The van der Waals surface area contributed by atoms with Crippen LogP contribution < -0.4 is 10.3 Å². The predicted octanol–water partition coefficient (Wildman–Crippen LogP) is 1.90. The SMILES string of the molecule is Cc1cc(=O)n2nc(OC(F)F)nc2n1Cc1ccc(Cl)nc1. The Hall–Kier alpha value is -2.55. The maximum Gasteiger partial charge on any atom is 0.389 e. The number of pyridine rings is 1. The molecule has 3 rings (SSSR count). The summed E-state index contributed by atoms with van der Waals surface area (Å²) < 4.78 is 31.3. The molecule has 0 unspecified atom stereocenters. The zero-order valence-corrected chi connectivity index (χ0v) is 12.5. The third-order valence-electron chi connectivity index (χ3n) is 3.10. The molecule has 3 aromatic heterocycles. The number of nitrogens with zero attached hydrogens (tertiary/aromatic N) is 5. The van der Waals surface area contributed by atoms with Crippen LogP contribution in [0.15, 0.2) is 29.2 Å². The predicted molar refractivity (Wildman–Crippen MR) is 77.0 cm³/mol. The van der Waals surface area contributed by atoms with E-state index in [1.807, 2.05) is 0 Å². The van der Waals surface area contributed by atoms with E-state index in [1.165, 1.54) is 6.07 Å². The first kappa shape index (κ1) is 15.3. The molecule has 23 heavy (non-hydrogen) atoms. The van der Waals surface area contributed by atoms with Crippen LogP contribution in [0, 0.1) is 6.92 Å². The summed E-state index contributed by atoms with van der Waals surface area (Å²) in [4.78, 5) is 19.7. The third-order valence-corrected chi connectivity index (χ3v) is 3.33. The lowest BCUT2D eigenvalue weighted by molar-refractivity contribution is -0.0559. The first-order chi connectivity index (χ1) is 10.9. The van der Waals surface area contributed by atoms with Crippen LogP contribution in [0.25, 0.3) is 5.78 Å². The number of hydrogen-bond acceptors (Lipinski definition) is 5. The third kappa shape index (κ3) is 3.14. The molecular formula is C13H10ClF2N5O2. The average Bonchev–Trinajstić information content (AvgIpc) is 2.88. The van der Waals surface area contributed by atoms with Gasteiger partial charge >= 0.3 is 12.6 Å². The van der Waals surface area contributed by atoms with Crippen molar-refractivity contribution in [1.82, 2.24) is 24.1 Å². The lowest BCUT2D eigenvalue weighted by Crippen LogP contribution is -2.20. The first-order valence-electron chi connectivity index (χ1n) is 6.46. The Bertz CT molecular complexity index is 907. The van der Waals surface area contributed by atoms with Crippen molar-refractivity contribution in [3.8, 4) is 6.01 Å². The molecule has 7 nitrogen and oxygen atoms in total. The van der Waals surface area contributed by atoms with Crippen LogP contribution in [0.5, 0.6) is 6.01 Å². The Kier molecular flexibility index (Phi) is 3.95. The lowest BCUT2D eigenvalue weighted by atomic mass is 10.3. The van der Waals surface area contributed by atoms with Gasteiger partial charge in [-0.3, -0.25) is 4.79 Å². The van der Waals surface area contributed by atoms with Crippen molar-refractivity contribution < 1.29 is 13.5 Å². The molecule has 0 aromatic carbocycles. The Labute approximate surface area is 133 Å². The van der Waals surface area contributed by atoms with Gasteiger partial charge in [-0.2, -0.15) is 18.3 Å². The molecular weight excluding hydrogens is 332 g/mol. The van der Waals surface area contributed by atoms with Crippen molar-refractivity contribution >= 4 is 17.4 Å². The Balaban J connectivity index is 2.09. The van der Waals surface area contributed by atoms with E-state index in [2.05, 4.69) is 19.8 Å². The highest BCUT2D eigenvalue weighted by Gasteiger charge is 2.16. The molecule has 3 heterocycles. The average molecular weight is 342 g/mol. The summed E-state index contributed by atoms with van der Waals surface area (Å²) >= 11 is 5.74. The van der Waals surface area contributed by atoms with E-state index in [-0.39, 0.29) is 5.78 Å². The quantitative estimate of drug-likeness (QED) is 0.678. The van der Waals surface area contributed by atoms with Crippen LogP contribution in [-0.4, -0.2) is 30.8 Å². The standard InChI is InChI=1S/C13H10ClF2N5O2/c1-7-4-10(22)21-13(18-12(19-21)23-11(15)16)20(7)6-8-2-3-9(14)17-5-8/h2-5,11H,6H2,1H3. The van der Waals surface area contributed by atoms with Gasteiger partial charge in [-0.25, -0.2) is 4.98 Å². The fourth-order valence-electron chi connectivity index (χ4n) is 2.09. The van der Waals surface area contributed by atoms with Gasteiger partial charge in [0.25, 0.3) is 5.56 Å². The molecule has 0 bridgehead atoms. The van der Waals surface area contributed by atoms with Crippen molar-refractivity contribution in [2.45, 2.75) is 20.1 Å². The molecule has 0 atom stereocenters. The normalized spacial score (nSPS) is 11.3. The summed E-state index contributed by atoms with van der Waals surface area (Å²) in [6.45, 7) is -1.06. The Morgan fingerprint density at radius 1 is 1.39 bits per heavy atom. The van der Waals surface area contributed by atoms with Gasteiger partial charge in [0, 0.05) is 18.0 Å². The zero-order chi connectivity index (χ0) is 16.6. The molecule has 0 spiro atoms. The first-order valence-corrected chi connectivity index (χ1v) is 6.84. The van der Waals surface area contributed by atoms with E-state index in [9.17, 15) is 13.6 Å². The molecule has 0 aliphatic rings. The van der Waals surface area contributed by atoms with Crippen LogP contribution in [0.2, 0.25) is 5.15 Å². The van der Waals surface area contributed by atoms with Crippen molar-refractivity contribution in [3.63, 3.8) is 0 Å². The van der Waals surface area contributed by atoms with E-state index in [4.69, 9.17) is 11.6 Å². The summed E-state index contributed by atoms with van der Waals surface area (Å²) in [7, 11) is 0. The van der Waals surface area contributed by atoms with Gasteiger partial charge in [-0.05, 0) is 18.6 Å². The molecule has 0 fully saturated rings. The number of fused-ring (bicyclic) bond motifs is 1. The van der Waals surface area contributed by atoms with Gasteiger partial charge in [0.05, 0.1) is 6.54 Å². The lowest BCUT2D eigenvalue weighted by Gasteiger charge is -2.11. The van der Waals surface area contributed by atoms with Crippen LogP contribution in [0.4, 0.5) is 8.78 Å². The highest BCUT2D eigenvalue weighted by Crippen LogP contribution is 2.13. The molecule has 120 valence electrons. The van der Waals surface area contributed by atoms with Crippen LogP contribution in [-0.2, 0) is 6.54 Å². The van der Waals surface area contributed by atoms with Crippen molar-refractivity contribution in [1.29, 1.82) is 0 Å². The summed E-state index contributed by atoms with van der Waals surface area (Å²) in [6, 6.07) is 4.15. The Morgan fingerprint density at radius 2 is 2.17 bits per heavy atom. The highest BCUT2D eigenvalue weighted by molar-refractivity contribution is 6.29. The smallest absolute Gasteiger partial charge is 0.389 e. The molecule has 0 radical (unpaired) electrons.